The number of hydrogen-bond acceptors (Lipinski definition) is 2. The van der Waals surface area contributed by atoms with Crippen LogP contribution in [0.4, 0.5) is 0 Å². The summed E-state index contributed by atoms with van der Waals surface area (Å²) in [5.74, 6) is 11.8. The summed E-state index contributed by atoms with van der Waals surface area (Å²) in [5.41, 5.74) is 2.54. The second kappa shape index (κ2) is 9.07. The van der Waals surface area contributed by atoms with Crippen LogP contribution in [0.15, 0.2) is 72.8 Å². The van der Waals surface area contributed by atoms with Crippen LogP contribution >= 0.6 is 23.2 Å². The molecule has 0 bridgehead atoms. The normalized spacial score (nSPS) is 9.50. The average Bonchev–Trinajstić information content (AvgIpc) is 2.71. The monoisotopic (exact) mass is 402 g/mol. The van der Waals surface area contributed by atoms with Crippen LogP contribution in [0.2, 0.25) is 0 Å². The highest BCUT2D eigenvalue weighted by atomic mass is 35.5. The molecule has 0 heterocycles. The molecule has 3 aromatic rings. The van der Waals surface area contributed by atoms with Gasteiger partial charge >= 0.3 is 0 Å². The van der Waals surface area contributed by atoms with Crippen molar-refractivity contribution in [1.82, 2.24) is 0 Å². The number of carbonyl (C=O) groups is 2. The van der Waals surface area contributed by atoms with Gasteiger partial charge in [-0.15, -0.1) is 0 Å². The van der Waals surface area contributed by atoms with Gasteiger partial charge in [0.2, 0.25) is 0 Å². The lowest BCUT2D eigenvalue weighted by atomic mass is 9.99. The first-order valence-electron chi connectivity index (χ1n) is 8.26. The molecule has 3 aromatic carbocycles. The van der Waals surface area contributed by atoms with Crippen LogP contribution in [0.25, 0.3) is 0 Å². The van der Waals surface area contributed by atoms with Gasteiger partial charge in [0.05, 0.1) is 11.1 Å². The van der Waals surface area contributed by atoms with E-state index in [0.29, 0.717) is 11.1 Å². The average molecular weight is 403 g/mol. The summed E-state index contributed by atoms with van der Waals surface area (Å²) >= 11 is 11.4. The molecule has 0 spiro atoms. The highest BCUT2D eigenvalue weighted by molar-refractivity contribution is 6.69. The van der Waals surface area contributed by atoms with Crippen LogP contribution in [-0.2, 0) is 0 Å². The molecule has 0 aliphatic heterocycles. The fraction of sp³-hybridized carbons (Fsp3) is 0. The van der Waals surface area contributed by atoms with E-state index in [0.717, 1.165) is 11.1 Å². The quantitative estimate of drug-likeness (QED) is 0.433. The van der Waals surface area contributed by atoms with E-state index in [1.807, 2.05) is 60.7 Å². The number of benzene rings is 3. The molecule has 3 rings (SSSR count). The van der Waals surface area contributed by atoms with E-state index in [2.05, 4.69) is 23.7 Å². The smallest absolute Gasteiger partial charge is 0.253 e. The van der Waals surface area contributed by atoms with Gasteiger partial charge in [0.15, 0.2) is 0 Å². The third-order valence-corrected chi connectivity index (χ3v) is 4.22. The molecule has 0 saturated carbocycles. The van der Waals surface area contributed by atoms with Crippen molar-refractivity contribution in [3.63, 3.8) is 0 Å². The lowest BCUT2D eigenvalue weighted by molar-refractivity contribution is 0.107. The second-order valence-electron chi connectivity index (χ2n) is 5.72. The minimum Gasteiger partial charge on any atom is -0.276 e. The predicted molar refractivity (Wildman–Crippen MR) is 112 cm³/mol. The first-order valence-corrected chi connectivity index (χ1v) is 9.02. The van der Waals surface area contributed by atoms with Gasteiger partial charge in [-0.25, -0.2) is 0 Å². The topological polar surface area (TPSA) is 34.1 Å². The lowest BCUT2D eigenvalue weighted by Crippen LogP contribution is -2.02. The Morgan fingerprint density at radius 1 is 0.571 bits per heavy atom. The van der Waals surface area contributed by atoms with Crippen molar-refractivity contribution in [2.75, 3.05) is 0 Å². The Hall–Kier alpha value is -3.30. The Kier molecular flexibility index (Phi) is 6.30. The third-order valence-electron chi connectivity index (χ3n) is 3.81. The van der Waals surface area contributed by atoms with Gasteiger partial charge in [0.1, 0.15) is 0 Å². The van der Waals surface area contributed by atoms with E-state index < -0.39 is 10.5 Å². The number of halogens is 2. The number of rotatable bonds is 2. The first kappa shape index (κ1) is 19.5. The molecule has 4 heteroatoms. The highest BCUT2D eigenvalue weighted by Gasteiger charge is 2.16. The van der Waals surface area contributed by atoms with Gasteiger partial charge in [-0.3, -0.25) is 9.59 Å². The Morgan fingerprint density at radius 2 is 0.964 bits per heavy atom. The molecule has 0 atom stereocenters. The summed E-state index contributed by atoms with van der Waals surface area (Å²) in [7, 11) is 0. The molecule has 0 N–H and O–H groups in total. The summed E-state index contributed by atoms with van der Waals surface area (Å²) in [6.45, 7) is 0. The maximum absolute atomic E-state index is 11.9. The van der Waals surface area contributed by atoms with Gasteiger partial charge in [0, 0.05) is 22.3 Å². The summed E-state index contributed by atoms with van der Waals surface area (Å²) in [5, 5.41) is -1.45. The standard InChI is InChI=1S/C24H12Cl2O2/c25-23(27)21-16-22(24(26)28)20(14-12-18-9-5-2-6-10-18)15-19(21)13-11-17-7-3-1-4-8-17/h1-10,15-16H. The zero-order valence-corrected chi connectivity index (χ0v) is 16.0. The van der Waals surface area contributed by atoms with E-state index in [1.54, 1.807) is 6.07 Å². The predicted octanol–water partition coefficient (Wildman–Crippen LogP) is 5.24. The summed E-state index contributed by atoms with van der Waals surface area (Å²) in [6, 6.07) is 21.5. The van der Waals surface area contributed by atoms with Crippen molar-refractivity contribution < 1.29 is 9.59 Å². The molecule has 0 aliphatic rings. The third kappa shape index (κ3) is 4.90. The molecular weight excluding hydrogens is 391 g/mol. The summed E-state index contributed by atoms with van der Waals surface area (Å²) < 4.78 is 0. The Balaban J connectivity index is 2.14. The van der Waals surface area contributed by atoms with Crippen molar-refractivity contribution in [2.45, 2.75) is 0 Å². The van der Waals surface area contributed by atoms with E-state index in [-0.39, 0.29) is 11.1 Å². The van der Waals surface area contributed by atoms with Crippen LogP contribution in [-0.4, -0.2) is 10.5 Å². The largest absolute Gasteiger partial charge is 0.276 e. The lowest BCUT2D eigenvalue weighted by Gasteiger charge is -2.05. The van der Waals surface area contributed by atoms with E-state index in [1.165, 1.54) is 6.07 Å². The van der Waals surface area contributed by atoms with Crippen molar-refractivity contribution in [2.24, 2.45) is 0 Å². The summed E-state index contributed by atoms with van der Waals surface area (Å²) in [4.78, 5) is 23.7. The number of carbonyl (C=O) groups excluding carboxylic acids is 2. The van der Waals surface area contributed by atoms with Crippen molar-refractivity contribution in [1.29, 1.82) is 0 Å². The molecule has 0 unspecified atom stereocenters. The van der Waals surface area contributed by atoms with Crippen molar-refractivity contribution in [3.8, 4) is 23.7 Å². The van der Waals surface area contributed by atoms with Crippen LogP contribution in [0.1, 0.15) is 43.0 Å². The fourth-order valence-electron chi connectivity index (χ4n) is 2.45. The van der Waals surface area contributed by atoms with Gasteiger partial charge in [-0.05, 0) is 59.6 Å². The maximum Gasteiger partial charge on any atom is 0.253 e. The number of hydrogen-bond donors (Lipinski definition) is 0. The van der Waals surface area contributed by atoms with E-state index >= 15 is 0 Å². The SMILES string of the molecule is O=C(Cl)c1cc(C(=O)Cl)c(C#Cc2ccccc2)cc1C#Cc1ccccc1. The summed E-state index contributed by atoms with van der Waals surface area (Å²) in [6.07, 6.45) is 0. The fourth-order valence-corrected chi connectivity index (χ4v) is 2.77. The van der Waals surface area contributed by atoms with Gasteiger partial charge in [-0.1, -0.05) is 60.1 Å². The van der Waals surface area contributed by atoms with Gasteiger partial charge in [0.25, 0.3) is 10.5 Å². The van der Waals surface area contributed by atoms with E-state index in [9.17, 15) is 9.59 Å². The molecule has 0 radical (unpaired) electrons. The van der Waals surface area contributed by atoms with Gasteiger partial charge < -0.3 is 0 Å². The van der Waals surface area contributed by atoms with Crippen molar-refractivity contribution in [3.05, 3.63) is 106 Å². The Morgan fingerprint density at radius 3 is 1.32 bits per heavy atom. The van der Waals surface area contributed by atoms with Crippen LogP contribution in [0.3, 0.4) is 0 Å². The van der Waals surface area contributed by atoms with Crippen LogP contribution in [0.5, 0.6) is 0 Å². The van der Waals surface area contributed by atoms with E-state index in [4.69, 9.17) is 23.2 Å². The molecule has 0 aliphatic carbocycles. The zero-order valence-electron chi connectivity index (χ0n) is 14.5. The second-order valence-corrected chi connectivity index (χ2v) is 6.41. The van der Waals surface area contributed by atoms with Gasteiger partial charge in [-0.2, -0.15) is 0 Å². The Bertz CT molecular complexity index is 1070. The minimum atomic E-state index is -0.723. The molecule has 0 saturated heterocycles. The molecule has 0 aromatic heterocycles. The molecular formula is C24H12Cl2O2. The minimum absolute atomic E-state index is 0.111. The van der Waals surface area contributed by atoms with Crippen LogP contribution < -0.4 is 0 Å². The molecule has 134 valence electrons. The van der Waals surface area contributed by atoms with Crippen molar-refractivity contribution >= 4 is 33.7 Å². The molecule has 2 nitrogen and oxygen atoms in total. The zero-order chi connectivity index (χ0) is 19.9. The molecule has 0 amide bonds. The van der Waals surface area contributed by atoms with Crippen LogP contribution in [0, 0.1) is 23.7 Å². The molecule has 28 heavy (non-hydrogen) atoms. The first-order chi connectivity index (χ1) is 13.5. The maximum atomic E-state index is 11.9. The highest BCUT2D eigenvalue weighted by Crippen LogP contribution is 2.20. The Labute approximate surface area is 173 Å². The molecule has 0 fully saturated rings.